The summed E-state index contributed by atoms with van der Waals surface area (Å²) in [5.41, 5.74) is 4.47. The van der Waals surface area contributed by atoms with Crippen LogP contribution >= 0.6 is 23.4 Å². The molecule has 2 aromatic carbocycles. The lowest BCUT2D eigenvalue weighted by atomic mass is 10.1. The van der Waals surface area contributed by atoms with Crippen LogP contribution in [0, 0.1) is 13.8 Å². The number of carbonyl (C=O) groups is 2. The van der Waals surface area contributed by atoms with Crippen LogP contribution in [0.4, 0.5) is 0 Å². The number of carbonyl (C=O) groups excluding carboxylic acids is 2. The van der Waals surface area contributed by atoms with Crippen molar-refractivity contribution in [3.8, 4) is 0 Å². The van der Waals surface area contributed by atoms with Crippen LogP contribution in [0.25, 0.3) is 0 Å². The summed E-state index contributed by atoms with van der Waals surface area (Å²) in [6, 6.07) is 13.3. The Morgan fingerprint density at radius 2 is 1.70 bits per heavy atom. The minimum Gasteiger partial charge on any atom is -0.352 e. The van der Waals surface area contributed by atoms with Crippen LogP contribution in [0.3, 0.4) is 0 Å². The average Bonchev–Trinajstić information content (AvgIpc) is 2.65. The van der Waals surface area contributed by atoms with Crippen molar-refractivity contribution in [2.75, 3.05) is 5.75 Å². The van der Waals surface area contributed by atoms with E-state index in [1.807, 2.05) is 32.0 Å². The quantitative estimate of drug-likeness (QED) is 0.580. The van der Waals surface area contributed by atoms with Crippen molar-refractivity contribution in [1.82, 2.24) is 10.2 Å². The second-order valence-corrected chi connectivity index (χ2v) is 9.33. The van der Waals surface area contributed by atoms with E-state index in [1.165, 1.54) is 16.7 Å². The van der Waals surface area contributed by atoms with Gasteiger partial charge in [0.05, 0.1) is 5.75 Å². The van der Waals surface area contributed by atoms with Gasteiger partial charge in [0.15, 0.2) is 0 Å². The zero-order chi connectivity index (χ0) is 22.3. The third-order valence-corrected chi connectivity index (χ3v) is 6.03. The molecule has 0 bridgehead atoms. The van der Waals surface area contributed by atoms with Crippen LogP contribution in [0.15, 0.2) is 42.5 Å². The van der Waals surface area contributed by atoms with E-state index < -0.39 is 6.04 Å². The Balaban J connectivity index is 2.10. The van der Waals surface area contributed by atoms with Crippen molar-refractivity contribution in [2.24, 2.45) is 0 Å². The number of nitrogens with one attached hydrogen (secondary N) is 1. The predicted octanol–water partition coefficient (Wildman–Crippen LogP) is 5.13. The third kappa shape index (κ3) is 7.37. The molecule has 0 spiro atoms. The molecule has 162 valence electrons. The first kappa shape index (κ1) is 24.3. The van der Waals surface area contributed by atoms with Gasteiger partial charge in [0.25, 0.3) is 0 Å². The molecule has 2 aromatic rings. The largest absolute Gasteiger partial charge is 0.352 e. The molecule has 2 rings (SSSR count). The number of hydrogen-bond donors (Lipinski definition) is 1. The zero-order valence-electron chi connectivity index (χ0n) is 18.4. The molecule has 0 radical (unpaired) electrons. The van der Waals surface area contributed by atoms with Crippen molar-refractivity contribution in [3.63, 3.8) is 0 Å². The van der Waals surface area contributed by atoms with Crippen LogP contribution in [0.2, 0.25) is 5.02 Å². The van der Waals surface area contributed by atoms with E-state index >= 15 is 0 Å². The van der Waals surface area contributed by atoms with Gasteiger partial charge in [-0.3, -0.25) is 9.59 Å². The summed E-state index contributed by atoms with van der Waals surface area (Å²) in [6.45, 7) is 10.0. The Hall–Kier alpha value is -1.98. The fourth-order valence-electron chi connectivity index (χ4n) is 3.29. The molecule has 0 aromatic heterocycles. The minimum absolute atomic E-state index is 0.0103. The average molecular weight is 447 g/mol. The summed E-state index contributed by atoms with van der Waals surface area (Å²) in [7, 11) is 0. The number of hydrogen-bond acceptors (Lipinski definition) is 3. The van der Waals surface area contributed by atoms with Crippen molar-refractivity contribution in [2.45, 2.75) is 59.0 Å². The fourth-order valence-corrected chi connectivity index (χ4v) is 4.33. The van der Waals surface area contributed by atoms with Gasteiger partial charge in [-0.05, 0) is 51.8 Å². The minimum atomic E-state index is -0.585. The smallest absolute Gasteiger partial charge is 0.242 e. The molecule has 0 fully saturated rings. The van der Waals surface area contributed by atoms with Gasteiger partial charge in [-0.1, -0.05) is 59.1 Å². The van der Waals surface area contributed by atoms with E-state index in [9.17, 15) is 9.59 Å². The lowest BCUT2D eigenvalue weighted by molar-refractivity contribution is -0.138. The summed E-state index contributed by atoms with van der Waals surface area (Å²) in [6.07, 6.45) is 0. The number of benzene rings is 2. The molecule has 6 heteroatoms. The molecule has 0 heterocycles. The Morgan fingerprint density at radius 3 is 2.30 bits per heavy atom. The van der Waals surface area contributed by atoms with Gasteiger partial charge < -0.3 is 10.2 Å². The van der Waals surface area contributed by atoms with Crippen molar-refractivity contribution in [1.29, 1.82) is 0 Å². The first-order chi connectivity index (χ1) is 14.2. The van der Waals surface area contributed by atoms with Gasteiger partial charge in [0.1, 0.15) is 6.04 Å². The maximum atomic E-state index is 13.1. The molecular formula is C24H31ClN2O2S. The van der Waals surface area contributed by atoms with Crippen molar-refractivity contribution in [3.05, 3.63) is 69.7 Å². The molecule has 0 saturated carbocycles. The first-order valence-corrected chi connectivity index (χ1v) is 11.7. The Morgan fingerprint density at radius 1 is 1.07 bits per heavy atom. The summed E-state index contributed by atoms with van der Waals surface area (Å²) < 4.78 is 0. The van der Waals surface area contributed by atoms with Crippen LogP contribution < -0.4 is 5.32 Å². The van der Waals surface area contributed by atoms with E-state index in [0.29, 0.717) is 17.3 Å². The Bertz CT molecular complexity index is 865. The molecule has 0 aliphatic carbocycles. The highest BCUT2D eigenvalue weighted by Gasteiger charge is 2.26. The molecule has 1 atom stereocenters. The van der Waals surface area contributed by atoms with Gasteiger partial charge in [0, 0.05) is 23.4 Å². The monoisotopic (exact) mass is 446 g/mol. The molecule has 2 amide bonds. The van der Waals surface area contributed by atoms with E-state index in [1.54, 1.807) is 29.7 Å². The highest BCUT2D eigenvalue weighted by atomic mass is 35.5. The number of amides is 2. The van der Waals surface area contributed by atoms with Gasteiger partial charge in [-0.2, -0.15) is 0 Å². The Kier molecular flexibility index (Phi) is 9.25. The van der Waals surface area contributed by atoms with Crippen LogP contribution in [-0.2, 0) is 21.9 Å². The van der Waals surface area contributed by atoms with Gasteiger partial charge in [-0.15, -0.1) is 11.8 Å². The summed E-state index contributed by atoms with van der Waals surface area (Å²) in [5.74, 6) is 0.817. The lowest BCUT2D eigenvalue weighted by Crippen LogP contribution is -2.49. The van der Waals surface area contributed by atoms with E-state index in [2.05, 4.69) is 37.4 Å². The number of halogens is 1. The first-order valence-electron chi connectivity index (χ1n) is 10.2. The van der Waals surface area contributed by atoms with Crippen molar-refractivity contribution >= 4 is 35.2 Å². The molecule has 0 unspecified atom stereocenters. The number of thioether (sulfide) groups is 1. The predicted molar refractivity (Wildman–Crippen MR) is 127 cm³/mol. The van der Waals surface area contributed by atoms with E-state index in [0.717, 1.165) is 11.3 Å². The Labute approximate surface area is 189 Å². The lowest BCUT2D eigenvalue weighted by Gasteiger charge is -2.29. The fraction of sp³-hybridized carbons (Fsp3) is 0.417. The van der Waals surface area contributed by atoms with Gasteiger partial charge in [0.2, 0.25) is 11.8 Å². The SMILES string of the molecule is Cc1cc(C)cc(CSCC(=O)N(Cc2ccccc2Cl)[C@H](C)C(=O)NC(C)C)c1. The van der Waals surface area contributed by atoms with Crippen LogP contribution in [0.5, 0.6) is 0 Å². The third-order valence-electron chi connectivity index (χ3n) is 4.67. The number of aryl methyl sites for hydroxylation is 2. The van der Waals surface area contributed by atoms with E-state index in [-0.39, 0.29) is 17.9 Å². The molecule has 4 nitrogen and oxygen atoms in total. The molecule has 30 heavy (non-hydrogen) atoms. The summed E-state index contributed by atoms with van der Waals surface area (Å²) in [4.78, 5) is 27.3. The van der Waals surface area contributed by atoms with Crippen LogP contribution in [0.1, 0.15) is 43.0 Å². The number of nitrogens with zero attached hydrogens (tertiary/aromatic N) is 1. The van der Waals surface area contributed by atoms with Crippen molar-refractivity contribution < 1.29 is 9.59 Å². The molecule has 0 saturated heterocycles. The number of rotatable bonds is 9. The second kappa shape index (κ2) is 11.4. The molecular weight excluding hydrogens is 416 g/mol. The topological polar surface area (TPSA) is 49.4 Å². The zero-order valence-corrected chi connectivity index (χ0v) is 19.9. The normalized spacial score (nSPS) is 12.0. The van der Waals surface area contributed by atoms with Gasteiger partial charge in [-0.25, -0.2) is 0 Å². The summed E-state index contributed by atoms with van der Waals surface area (Å²) >= 11 is 7.87. The maximum absolute atomic E-state index is 13.1. The maximum Gasteiger partial charge on any atom is 0.242 e. The molecule has 1 N–H and O–H groups in total. The standard InChI is InChI=1S/C24H31ClN2O2S/c1-16(2)26-24(29)19(5)27(13-21-8-6-7-9-22(21)25)23(28)15-30-14-20-11-17(3)10-18(4)12-20/h6-12,16,19H,13-15H2,1-5H3,(H,26,29)/t19-/m1/s1. The van der Waals surface area contributed by atoms with Crippen LogP contribution in [-0.4, -0.2) is 34.6 Å². The molecule has 0 aliphatic rings. The molecule has 0 aliphatic heterocycles. The van der Waals surface area contributed by atoms with Gasteiger partial charge >= 0.3 is 0 Å². The van der Waals surface area contributed by atoms with E-state index in [4.69, 9.17) is 11.6 Å². The highest BCUT2D eigenvalue weighted by Crippen LogP contribution is 2.21. The second-order valence-electron chi connectivity index (χ2n) is 7.94. The summed E-state index contributed by atoms with van der Waals surface area (Å²) in [5, 5.41) is 3.49. The highest BCUT2D eigenvalue weighted by molar-refractivity contribution is 7.99.